The summed E-state index contributed by atoms with van der Waals surface area (Å²) in [4.78, 5) is 70.5. The topological polar surface area (TPSA) is 207 Å². The molecule has 6 rings (SSSR count). The van der Waals surface area contributed by atoms with Crippen molar-refractivity contribution >= 4 is 45.1 Å². The van der Waals surface area contributed by atoms with Crippen molar-refractivity contribution in [1.82, 2.24) is 44.1 Å². The van der Waals surface area contributed by atoms with Gasteiger partial charge in [-0.15, -0.1) is 0 Å². The van der Waals surface area contributed by atoms with E-state index in [9.17, 15) is 27.6 Å². The maximum Gasteiger partial charge on any atom is 0.408 e. The highest BCUT2D eigenvalue weighted by molar-refractivity contribution is 7.87. The molecule has 3 aliphatic rings. The molecule has 1 aliphatic carbocycles. The van der Waals surface area contributed by atoms with Gasteiger partial charge in [0.05, 0.1) is 12.1 Å². The van der Waals surface area contributed by atoms with Gasteiger partial charge in [-0.25, -0.2) is 19.5 Å². The molecule has 3 aromatic rings. The molecule has 17 nitrogen and oxygen atoms in total. The van der Waals surface area contributed by atoms with Crippen LogP contribution in [0.2, 0.25) is 0 Å². The number of nitrogens with zero attached hydrogens (tertiary/aromatic N) is 6. The molecule has 0 spiro atoms. The minimum atomic E-state index is -4.18. The number of benzene rings is 1. The summed E-state index contributed by atoms with van der Waals surface area (Å²) in [6.45, 7) is 9.13. The van der Waals surface area contributed by atoms with E-state index in [-0.39, 0.29) is 31.4 Å². The van der Waals surface area contributed by atoms with Gasteiger partial charge in [0.25, 0.3) is 11.9 Å². The Bertz CT molecular complexity index is 2130. The largest absolute Gasteiger partial charge is 0.459 e. The minimum absolute atomic E-state index is 0.0195. The Hall–Kier alpha value is -5.10. The number of para-hydroxylation sites is 1. The molecule has 1 saturated heterocycles. The first-order chi connectivity index (χ1) is 26.9. The summed E-state index contributed by atoms with van der Waals surface area (Å²) in [5.74, 6) is -2.51. The van der Waals surface area contributed by atoms with E-state index in [1.54, 1.807) is 33.2 Å². The molecule has 3 N–H and O–H groups in total. The molecule has 2 aromatic heterocycles. The smallest absolute Gasteiger partial charge is 0.408 e. The third-order valence-electron chi connectivity index (χ3n) is 10.4. The van der Waals surface area contributed by atoms with Crippen molar-refractivity contribution in [3.05, 3.63) is 49.1 Å². The first kappa shape index (κ1) is 41.5. The Kier molecular flexibility index (Phi) is 12.0. The van der Waals surface area contributed by atoms with Crippen molar-refractivity contribution in [2.24, 2.45) is 5.92 Å². The Balaban J connectivity index is 1.36. The second-order valence-corrected chi connectivity index (χ2v) is 18.3. The van der Waals surface area contributed by atoms with Gasteiger partial charge in [-0.05, 0) is 66.4 Å². The van der Waals surface area contributed by atoms with E-state index in [1.807, 2.05) is 48.8 Å². The number of amides is 4. The molecule has 2 fully saturated rings. The summed E-state index contributed by atoms with van der Waals surface area (Å²) in [5.41, 5.74) is 0.646. The number of imidazole rings is 1. The fourth-order valence-electron chi connectivity index (χ4n) is 7.41. The number of hydrogen-bond donors (Lipinski definition) is 3. The lowest BCUT2D eigenvalue weighted by Crippen LogP contribution is -2.58. The van der Waals surface area contributed by atoms with Crippen LogP contribution in [-0.4, -0.2) is 111 Å². The summed E-state index contributed by atoms with van der Waals surface area (Å²) < 4.78 is 42.6. The third kappa shape index (κ3) is 9.22. The van der Waals surface area contributed by atoms with Gasteiger partial charge < -0.3 is 25.0 Å². The van der Waals surface area contributed by atoms with Crippen LogP contribution in [0.4, 0.5) is 4.79 Å². The highest BCUT2D eigenvalue weighted by Gasteiger charge is 2.62. The maximum atomic E-state index is 14.6. The van der Waals surface area contributed by atoms with E-state index in [1.165, 1.54) is 25.3 Å². The fourth-order valence-corrected chi connectivity index (χ4v) is 8.01. The Morgan fingerprint density at radius 3 is 2.51 bits per heavy atom. The van der Waals surface area contributed by atoms with Crippen molar-refractivity contribution in [2.75, 3.05) is 20.6 Å². The second kappa shape index (κ2) is 16.4. The molecule has 18 heteroatoms. The number of alkyl carbamates (subject to hydrolysis) is 1. The lowest BCUT2D eigenvalue weighted by Gasteiger charge is -2.30. The lowest BCUT2D eigenvalue weighted by molar-refractivity contribution is -0.141. The second-order valence-electron chi connectivity index (χ2n) is 16.4. The first-order valence-corrected chi connectivity index (χ1v) is 20.8. The van der Waals surface area contributed by atoms with Crippen LogP contribution in [-0.2, 0) is 29.3 Å². The van der Waals surface area contributed by atoms with Gasteiger partial charge in [0.1, 0.15) is 41.2 Å². The van der Waals surface area contributed by atoms with Crippen molar-refractivity contribution in [3.8, 4) is 17.1 Å². The van der Waals surface area contributed by atoms with E-state index in [4.69, 9.17) is 14.5 Å². The Morgan fingerprint density at radius 1 is 1.09 bits per heavy atom. The number of carbonyl (C=O) groups excluding carboxylic acids is 4. The first-order valence-electron chi connectivity index (χ1n) is 19.4. The molecule has 1 aromatic carbocycles. The van der Waals surface area contributed by atoms with Crippen LogP contribution in [0, 0.1) is 5.92 Å². The molecule has 57 heavy (non-hydrogen) atoms. The third-order valence-corrected chi connectivity index (χ3v) is 11.8. The summed E-state index contributed by atoms with van der Waals surface area (Å²) in [6.07, 6.45) is 10.4. The van der Waals surface area contributed by atoms with Crippen molar-refractivity contribution in [1.29, 1.82) is 0 Å². The zero-order valence-electron chi connectivity index (χ0n) is 33.5. The standard InChI is InChI=1S/C39H53N9O8S/c1-24(2)48-30-17-13-15-28(25-20-40-23-41-21-25)32(30)43-36(48)55-27-18-31-33(49)44-39(35(51)45-57(53,54)46(6)7)19-26(39)14-11-9-8-10-12-16-29(34(50)47(31)22-27)42-37(52)56-38(3,4)5/h11,13-15,17,20-21,23-24,26-27,29,31H,8-10,12,16,18-19,22H2,1-7H3,(H,42,52)(H,44,49)(H,45,51)/b14-11-/t26-,27-,29+,31+,39-/m1/s1. The van der Waals surface area contributed by atoms with Crippen molar-refractivity contribution < 1.29 is 37.1 Å². The summed E-state index contributed by atoms with van der Waals surface area (Å²) in [7, 11) is -1.60. The lowest BCUT2D eigenvalue weighted by atomic mass is 10.0. The van der Waals surface area contributed by atoms with Gasteiger partial charge >= 0.3 is 16.3 Å². The highest BCUT2D eigenvalue weighted by Crippen LogP contribution is 2.46. The number of carbonyl (C=O) groups is 4. The molecule has 308 valence electrons. The maximum absolute atomic E-state index is 14.6. The van der Waals surface area contributed by atoms with Gasteiger partial charge in [-0.3, -0.25) is 19.0 Å². The molecule has 4 amide bonds. The molecular weight excluding hydrogens is 755 g/mol. The number of fused-ring (bicyclic) bond motifs is 3. The SMILES string of the molecule is CC(C)n1c(O[C@@H]2C[C@H]3C(=O)N[C@]4(C(=O)NS(=O)(=O)N(C)C)C[C@H]4/C=C\CCCCC[C@H](NC(=O)OC(C)(C)C)C(=O)N3C2)nc2c(-c3cncnc3)cccc21. The summed E-state index contributed by atoms with van der Waals surface area (Å²) in [6, 6.07) is 3.79. The van der Waals surface area contributed by atoms with Gasteiger partial charge in [0.2, 0.25) is 11.8 Å². The molecule has 2 aliphatic heterocycles. The normalized spacial score (nSPS) is 25.2. The number of aromatic nitrogens is 4. The highest BCUT2D eigenvalue weighted by atomic mass is 32.2. The zero-order chi connectivity index (χ0) is 41.3. The summed E-state index contributed by atoms with van der Waals surface area (Å²) >= 11 is 0. The number of nitrogens with one attached hydrogen (secondary N) is 3. The molecule has 0 radical (unpaired) electrons. The van der Waals surface area contributed by atoms with Crippen LogP contribution < -0.4 is 20.1 Å². The van der Waals surface area contributed by atoms with Crippen LogP contribution in [0.3, 0.4) is 0 Å². The van der Waals surface area contributed by atoms with E-state index in [0.29, 0.717) is 24.8 Å². The predicted molar refractivity (Wildman–Crippen MR) is 211 cm³/mol. The van der Waals surface area contributed by atoms with Crippen molar-refractivity contribution in [2.45, 2.75) is 115 Å². The van der Waals surface area contributed by atoms with Crippen molar-refractivity contribution in [3.63, 3.8) is 0 Å². The van der Waals surface area contributed by atoms with Gasteiger partial charge in [0, 0.05) is 56.0 Å². The van der Waals surface area contributed by atoms with E-state index in [0.717, 1.165) is 33.8 Å². The van der Waals surface area contributed by atoms with E-state index >= 15 is 0 Å². The fraction of sp³-hybridized carbons (Fsp3) is 0.564. The summed E-state index contributed by atoms with van der Waals surface area (Å²) in [5, 5.41) is 5.61. The van der Waals surface area contributed by atoms with E-state index in [2.05, 4.69) is 25.3 Å². The van der Waals surface area contributed by atoms with Gasteiger partial charge in [0.15, 0.2) is 0 Å². The number of allylic oxidation sites excluding steroid dienone is 1. The van der Waals surface area contributed by atoms with Crippen LogP contribution in [0.1, 0.15) is 85.6 Å². The average Bonchev–Trinajstić information content (AvgIpc) is 3.46. The average molecular weight is 808 g/mol. The quantitative estimate of drug-likeness (QED) is 0.280. The van der Waals surface area contributed by atoms with Gasteiger partial charge in [-0.2, -0.15) is 17.7 Å². The number of hydrogen-bond acceptors (Lipinski definition) is 11. The van der Waals surface area contributed by atoms with Crippen LogP contribution in [0.25, 0.3) is 22.2 Å². The Morgan fingerprint density at radius 2 is 1.82 bits per heavy atom. The predicted octanol–water partition coefficient (Wildman–Crippen LogP) is 3.63. The van der Waals surface area contributed by atoms with Gasteiger partial charge in [-0.1, -0.05) is 37.1 Å². The zero-order valence-corrected chi connectivity index (χ0v) is 34.3. The number of rotatable bonds is 8. The molecule has 0 bridgehead atoms. The number of ether oxygens (including phenoxy) is 2. The molecular formula is C39H53N9O8S. The Labute approximate surface area is 333 Å². The molecule has 4 heterocycles. The molecule has 5 atom stereocenters. The monoisotopic (exact) mass is 807 g/mol. The van der Waals surface area contributed by atoms with E-state index < -0.39 is 69.3 Å². The molecule has 0 unspecified atom stereocenters. The van der Waals surface area contributed by atoms with Crippen LogP contribution in [0.5, 0.6) is 6.01 Å². The van der Waals surface area contributed by atoms with Crippen LogP contribution in [0.15, 0.2) is 49.1 Å². The van der Waals surface area contributed by atoms with Crippen LogP contribution >= 0.6 is 0 Å². The minimum Gasteiger partial charge on any atom is -0.459 e. The molecule has 1 saturated carbocycles.